The van der Waals surface area contributed by atoms with Crippen LogP contribution in [0.1, 0.15) is 30.6 Å². The lowest BCUT2D eigenvalue weighted by atomic mass is 9.94. The molecule has 0 aromatic heterocycles. The van der Waals surface area contributed by atoms with Crippen molar-refractivity contribution in [1.82, 2.24) is 4.31 Å². The van der Waals surface area contributed by atoms with Gasteiger partial charge in [0.1, 0.15) is 22.1 Å². The number of carbonyl (C=O) groups excluding carboxylic acids is 1. The molecule has 2 unspecified atom stereocenters. The molecule has 0 spiro atoms. The number of carbonyl (C=O) groups is 1. The van der Waals surface area contributed by atoms with Crippen molar-refractivity contribution in [3.8, 4) is 17.2 Å². The summed E-state index contributed by atoms with van der Waals surface area (Å²) in [5.74, 6) is 1.30. The summed E-state index contributed by atoms with van der Waals surface area (Å²) < 4.78 is 44.1. The smallest absolute Gasteiger partial charge is 0.255 e. The number of methoxy groups -OCH3 is 3. The molecule has 174 valence electrons. The SMILES string of the molecule is COc1cc(NC(=O)c2ccc(OC)c(S(=O)(=O)N3CC(C)CC(C)C3)c2)cc(OC)c1. The van der Waals surface area contributed by atoms with E-state index in [1.165, 1.54) is 43.8 Å². The number of nitrogens with zero attached hydrogens (tertiary/aromatic N) is 1. The van der Waals surface area contributed by atoms with Gasteiger partial charge in [-0.05, 0) is 36.5 Å². The van der Waals surface area contributed by atoms with Crippen LogP contribution in [0.4, 0.5) is 5.69 Å². The van der Waals surface area contributed by atoms with E-state index in [0.29, 0.717) is 30.3 Å². The molecule has 0 saturated carbocycles. The maximum atomic E-state index is 13.4. The molecule has 1 heterocycles. The summed E-state index contributed by atoms with van der Waals surface area (Å²) in [5.41, 5.74) is 0.661. The van der Waals surface area contributed by atoms with Crippen molar-refractivity contribution in [3.63, 3.8) is 0 Å². The number of rotatable bonds is 7. The van der Waals surface area contributed by atoms with Gasteiger partial charge in [0.15, 0.2) is 0 Å². The lowest BCUT2D eigenvalue weighted by Gasteiger charge is -2.34. The lowest BCUT2D eigenvalue weighted by Crippen LogP contribution is -2.42. The molecule has 1 N–H and O–H groups in total. The number of anilines is 1. The number of hydrogen-bond donors (Lipinski definition) is 1. The maximum Gasteiger partial charge on any atom is 0.255 e. The van der Waals surface area contributed by atoms with E-state index in [4.69, 9.17) is 14.2 Å². The molecule has 0 aliphatic carbocycles. The molecule has 2 atom stereocenters. The second-order valence-corrected chi connectivity index (χ2v) is 10.1. The zero-order chi connectivity index (χ0) is 23.5. The summed E-state index contributed by atoms with van der Waals surface area (Å²) in [5, 5.41) is 2.77. The Bertz CT molecular complexity index is 1050. The van der Waals surface area contributed by atoms with Crippen LogP contribution in [0.2, 0.25) is 0 Å². The molecular weight excluding hydrogens is 432 g/mol. The average molecular weight is 463 g/mol. The van der Waals surface area contributed by atoms with E-state index in [2.05, 4.69) is 5.32 Å². The monoisotopic (exact) mass is 462 g/mol. The van der Waals surface area contributed by atoms with Gasteiger partial charge in [0.05, 0.1) is 21.3 Å². The Hall–Kier alpha value is -2.78. The fourth-order valence-electron chi connectivity index (χ4n) is 4.04. The fourth-order valence-corrected chi connectivity index (χ4v) is 5.90. The highest BCUT2D eigenvalue weighted by Crippen LogP contribution is 2.32. The number of amides is 1. The Kier molecular flexibility index (Phi) is 7.30. The molecule has 1 fully saturated rings. The number of sulfonamides is 1. The largest absolute Gasteiger partial charge is 0.497 e. The minimum Gasteiger partial charge on any atom is -0.497 e. The zero-order valence-corrected chi connectivity index (χ0v) is 19.9. The van der Waals surface area contributed by atoms with Crippen molar-refractivity contribution in [2.24, 2.45) is 11.8 Å². The highest BCUT2D eigenvalue weighted by atomic mass is 32.2. The molecule has 32 heavy (non-hydrogen) atoms. The number of nitrogens with one attached hydrogen (secondary N) is 1. The molecule has 0 bridgehead atoms. The molecule has 0 radical (unpaired) electrons. The fraction of sp³-hybridized carbons (Fsp3) is 0.435. The predicted molar refractivity (Wildman–Crippen MR) is 122 cm³/mol. The van der Waals surface area contributed by atoms with Crippen molar-refractivity contribution >= 4 is 21.6 Å². The minimum absolute atomic E-state index is 0.0165. The third-order valence-electron chi connectivity index (χ3n) is 5.49. The maximum absolute atomic E-state index is 13.4. The molecule has 3 rings (SSSR count). The number of piperidine rings is 1. The van der Waals surface area contributed by atoms with Crippen LogP contribution in [0.5, 0.6) is 17.2 Å². The Labute approximate surface area is 189 Å². The summed E-state index contributed by atoms with van der Waals surface area (Å²) in [7, 11) is 0.617. The van der Waals surface area contributed by atoms with Crippen LogP contribution in [0, 0.1) is 11.8 Å². The van der Waals surface area contributed by atoms with Gasteiger partial charge >= 0.3 is 0 Å². The molecule has 1 aliphatic rings. The van der Waals surface area contributed by atoms with Crippen molar-refractivity contribution in [1.29, 1.82) is 0 Å². The van der Waals surface area contributed by atoms with Gasteiger partial charge in [-0.2, -0.15) is 4.31 Å². The highest BCUT2D eigenvalue weighted by Gasteiger charge is 2.34. The normalized spacial score (nSPS) is 19.3. The van der Waals surface area contributed by atoms with Crippen LogP contribution in [0.15, 0.2) is 41.3 Å². The van der Waals surface area contributed by atoms with Crippen LogP contribution in [0.25, 0.3) is 0 Å². The Morgan fingerprint density at radius 1 is 0.938 bits per heavy atom. The molecule has 2 aromatic carbocycles. The second-order valence-electron chi connectivity index (χ2n) is 8.19. The summed E-state index contributed by atoms with van der Waals surface area (Å²) in [6, 6.07) is 9.40. The molecule has 9 heteroatoms. The highest BCUT2D eigenvalue weighted by molar-refractivity contribution is 7.89. The summed E-state index contributed by atoms with van der Waals surface area (Å²) >= 11 is 0. The van der Waals surface area contributed by atoms with Gasteiger partial charge in [0.25, 0.3) is 5.91 Å². The van der Waals surface area contributed by atoms with Crippen molar-refractivity contribution in [2.75, 3.05) is 39.7 Å². The van der Waals surface area contributed by atoms with Gasteiger partial charge < -0.3 is 19.5 Å². The first-order chi connectivity index (χ1) is 15.2. The number of hydrogen-bond acceptors (Lipinski definition) is 6. The molecule has 8 nitrogen and oxygen atoms in total. The van der Waals surface area contributed by atoms with Crippen LogP contribution >= 0.6 is 0 Å². The number of ether oxygens (including phenoxy) is 3. The first-order valence-electron chi connectivity index (χ1n) is 10.4. The van der Waals surface area contributed by atoms with Crippen molar-refractivity contribution < 1.29 is 27.4 Å². The Balaban J connectivity index is 1.93. The molecular formula is C23H30N2O6S. The molecule has 1 amide bonds. The third-order valence-corrected chi connectivity index (χ3v) is 7.34. The van der Waals surface area contributed by atoms with Gasteiger partial charge in [-0.15, -0.1) is 0 Å². The molecule has 2 aromatic rings. The van der Waals surface area contributed by atoms with Gasteiger partial charge in [-0.1, -0.05) is 13.8 Å². The summed E-state index contributed by atoms with van der Waals surface area (Å²) in [4.78, 5) is 12.9. The Morgan fingerprint density at radius 3 is 2.06 bits per heavy atom. The lowest BCUT2D eigenvalue weighted by molar-refractivity contribution is 0.102. The van der Waals surface area contributed by atoms with E-state index in [0.717, 1.165) is 6.42 Å². The van der Waals surface area contributed by atoms with E-state index in [-0.39, 0.29) is 28.0 Å². The first kappa shape index (κ1) is 23.9. The Morgan fingerprint density at radius 2 is 1.53 bits per heavy atom. The number of benzene rings is 2. The quantitative estimate of drug-likeness (QED) is 0.675. The van der Waals surface area contributed by atoms with E-state index in [9.17, 15) is 13.2 Å². The standard InChI is InChI=1S/C23H30N2O6S/c1-15-8-16(2)14-25(13-15)32(27,28)22-9-17(6-7-21(22)31-5)23(26)24-18-10-19(29-3)12-20(11-18)30-4/h6-7,9-12,15-16H,8,13-14H2,1-5H3,(H,24,26). The van der Waals surface area contributed by atoms with Gasteiger partial charge in [0, 0.05) is 42.5 Å². The van der Waals surface area contributed by atoms with Crippen LogP contribution in [0.3, 0.4) is 0 Å². The van der Waals surface area contributed by atoms with Crippen LogP contribution in [-0.2, 0) is 10.0 Å². The van der Waals surface area contributed by atoms with E-state index in [1.54, 1.807) is 18.2 Å². The summed E-state index contributed by atoms with van der Waals surface area (Å²) in [6.45, 7) is 4.97. The van der Waals surface area contributed by atoms with E-state index >= 15 is 0 Å². The van der Waals surface area contributed by atoms with Gasteiger partial charge in [-0.3, -0.25) is 4.79 Å². The summed E-state index contributed by atoms with van der Waals surface area (Å²) in [6.07, 6.45) is 0.982. The van der Waals surface area contributed by atoms with Gasteiger partial charge in [-0.25, -0.2) is 8.42 Å². The predicted octanol–water partition coefficient (Wildman–Crippen LogP) is 3.63. The van der Waals surface area contributed by atoms with Crippen LogP contribution in [-0.4, -0.2) is 53.0 Å². The first-order valence-corrected chi connectivity index (χ1v) is 11.8. The topological polar surface area (TPSA) is 94.2 Å². The van der Waals surface area contributed by atoms with Crippen LogP contribution < -0.4 is 19.5 Å². The van der Waals surface area contributed by atoms with Crippen molar-refractivity contribution in [2.45, 2.75) is 25.2 Å². The molecule has 1 saturated heterocycles. The van der Waals surface area contributed by atoms with E-state index in [1.807, 2.05) is 13.8 Å². The van der Waals surface area contributed by atoms with Crippen molar-refractivity contribution in [3.05, 3.63) is 42.0 Å². The minimum atomic E-state index is -3.83. The van der Waals surface area contributed by atoms with E-state index < -0.39 is 15.9 Å². The third kappa shape index (κ3) is 5.16. The average Bonchev–Trinajstić information content (AvgIpc) is 2.77. The zero-order valence-electron chi connectivity index (χ0n) is 19.0. The molecule has 1 aliphatic heterocycles. The second kappa shape index (κ2) is 9.79. The van der Waals surface area contributed by atoms with Gasteiger partial charge in [0.2, 0.25) is 10.0 Å².